The minimum atomic E-state index is 0.0153. The predicted octanol–water partition coefficient (Wildman–Crippen LogP) is 3.83. The zero-order chi connectivity index (χ0) is 20.3. The van der Waals surface area contributed by atoms with E-state index in [4.69, 9.17) is 4.74 Å². The second-order valence-corrected chi connectivity index (χ2v) is 7.86. The van der Waals surface area contributed by atoms with Gasteiger partial charge in [-0.25, -0.2) is 0 Å². The number of rotatable bonds is 6. The molecule has 0 bridgehead atoms. The number of ether oxygens (including phenoxy) is 1. The van der Waals surface area contributed by atoms with Crippen LogP contribution < -0.4 is 10.2 Å². The highest BCUT2D eigenvalue weighted by Gasteiger charge is 2.27. The maximum atomic E-state index is 13.2. The van der Waals surface area contributed by atoms with Crippen LogP contribution in [-0.2, 0) is 11.3 Å². The van der Waals surface area contributed by atoms with Crippen molar-refractivity contribution in [2.75, 3.05) is 31.2 Å². The smallest absolute Gasteiger partial charge is 0.268 e. The summed E-state index contributed by atoms with van der Waals surface area (Å²) in [5, 5.41) is 3.16. The number of carbonyl (C=O) groups is 1. The van der Waals surface area contributed by atoms with Crippen molar-refractivity contribution >= 4 is 11.6 Å². The van der Waals surface area contributed by atoms with Crippen LogP contribution in [0.3, 0.4) is 0 Å². The molecule has 0 aliphatic carbocycles. The topological polar surface area (TPSA) is 46.5 Å². The molecule has 152 valence electrons. The Hall–Kier alpha value is -2.27. The van der Waals surface area contributed by atoms with Crippen molar-refractivity contribution in [2.24, 2.45) is 0 Å². The molecule has 1 N–H and O–H groups in total. The lowest BCUT2D eigenvalue weighted by molar-refractivity contribution is 0.0929. The molecule has 1 aliphatic heterocycles. The third kappa shape index (κ3) is 4.25. The molecule has 0 spiro atoms. The number of nitrogens with one attached hydrogen (secondary N) is 1. The van der Waals surface area contributed by atoms with Crippen LogP contribution in [0.25, 0.3) is 0 Å². The maximum Gasteiger partial charge on any atom is 0.268 e. The van der Waals surface area contributed by atoms with Gasteiger partial charge in [0.15, 0.2) is 0 Å². The molecule has 1 saturated heterocycles. The van der Waals surface area contributed by atoms with Crippen LogP contribution in [0, 0.1) is 20.8 Å². The second kappa shape index (κ2) is 8.82. The summed E-state index contributed by atoms with van der Waals surface area (Å²) in [6.45, 7) is 14.3. The average Bonchev–Trinajstić information content (AvgIpc) is 2.94. The number of carbonyl (C=O) groups excluding carboxylic acids is 1. The summed E-state index contributed by atoms with van der Waals surface area (Å²) >= 11 is 0. The minimum absolute atomic E-state index is 0.0153. The Labute approximate surface area is 168 Å². The van der Waals surface area contributed by atoms with Gasteiger partial charge in [0.2, 0.25) is 0 Å². The zero-order valence-corrected chi connectivity index (χ0v) is 17.8. The molecular formula is C23H33N3O2. The van der Waals surface area contributed by atoms with Gasteiger partial charge in [-0.05, 0) is 39.7 Å². The second-order valence-electron chi connectivity index (χ2n) is 7.86. The summed E-state index contributed by atoms with van der Waals surface area (Å²) in [7, 11) is 0. The van der Waals surface area contributed by atoms with Crippen molar-refractivity contribution in [1.82, 2.24) is 9.88 Å². The summed E-state index contributed by atoms with van der Waals surface area (Å²) in [4.78, 5) is 15.5. The normalized spacial score (nSPS) is 15.5. The lowest BCUT2D eigenvalue weighted by Gasteiger charge is -2.29. The number of aromatic nitrogens is 1. The SMILES string of the molecule is CC[C@H](C)NC(=O)c1c(C)c(N2CCOCC2)c(C)n1Cc1ccc(C)cc1. The molecule has 1 amide bonds. The molecular weight excluding hydrogens is 350 g/mol. The Balaban J connectivity index is 2.03. The van der Waals surface area contributed by atoms with Crippen LogP contribution in [0.2, 0.25) is 0 Å². The number of benzene rings is 1. The third-order valence-electron chi connectivity index (χ3n) is 5.72. The number of hydrogen-bond donors (Lipinski definition) is 1. The van der Waals surface area contributed by atoms with Gasteiger partial charge in [-0.1, -0.05) is 36.8 Å². The minimum Gasteiger partial charge on any atom is -0.378 e. The number of morpholine rings is 1. The summed E-state index contributed by atoms with van der Waals surface area (Å²) in [6.07, 6.45) is 0.915. The Bertz CT molecular complexity index is 817. The average molecular weight is 384 g/mol. The van der Waals surface area contributed by atoms with Crippen molar-refractivity contribution < 1.29 is 9.53 Å². The lowest BCUT2D eigenvalue weighted by atomic mass is 10.1. The molecule has 2 aromatic rings. The van der Waals surface area contributed by atoms with E-state index in [0.717, 1.165) is 49.7 Å². The van der Waals surface area contributed by atoms with Crippen LogP contribution in [0.5, 0.6) is 0 Å². The van der Waals surface area contributed by atoms with Gasteiger partial charge in [0.05, 0.1) is 18.9 Å². The number of hydrogen-bond acceptors (Lipinski definition) is 3. The Morgan fingerprint density at radius 3 is 2.39 bits per heavy atom. The largest absolute Gasteiger partial charge is 0.378 e. The monoisotopic (exact) mass is 383 g/mol. The zero-order valence-electron chi connectivity index (χ0n) is 17.8. The molecule has 1 aliphatic rings. The highest BCUT2D eigenvalue weighted by atomic mass is 16.5. The molecule has 0 radical (unpaired) electrons. The van der Waals surface area contributed by atoms with Crippen molar-refractivity contribution in [3.8, 4) is 0 Å². The van der Waals surface area contributed by atoms with Crippen molar-refractivity contribution in [2.45, 2.75) is 53.6 Å². The van der Waals surface area contributed by atoms with Crippen LogP contribution >= 0.6 is 0 Å². The molecule has 28 heavy (non-hydrogen) atoms. The lowest BCUT2D eigenvalue weighted by Crippen LogP contribution is -2.37. The van der Waals surface area contributed by atoms with Gasteiger partial charge in [0.25, 0.3) is 5.91 Å². The van der Waals surface area contributed by atoms with E-state index in [1.54, 1.807) is 0 Å². The van der Waals surface area contributed by atoms with Gasteiger partial charge in [-0.2, -0.15) is 0 Å². The fourth-order valence-electron chi connectivity index (χ4n) is 3.90. The molecule has 2 heterocycles. The van der Waals surface area contributed by atoms with Crippen LogP contribution in [0.15, 0.2) is 24.3 Å². The summed E-state index contributed by atoms with van der Waals surface area (Å²) in [5.74, 6) is 0.0153. The van der Waals surface area contributed by atoms with E-state index in [0.29, 0.717) is 6.54 Å². The Morgan fingerprint density at radius 2 is 1.79 bits per heavy atom. The summed E-state index contributed by atoms with van der Waals surface area (Å²) in [5.41, 5.74) is 6.62. The van der Waals surface area contributed by atoms with E-state index in [1.807, 2.05) is 0 Å². The molecule has 1 aromatic heterocycles. The number of amides is 1. The molecule has 5 nitrogen and oxygen atoms in total. The van der Waals surface area contributed by atoms with E-state index < -0.39 is 0 Å². The number of nitrogens with zero attached hydrogens (tertiary/aromatic N) is 2. The predicted molar refractivity (Wildman–Crippen MR) is 114 cm³/mol. The van der Waals surface area contributed by atoms with Crippen molar-refractivity contribution in [1.29, 1.82) is 0 Å². The molecule has 0 saturated carbocycles. The molecule has 1 aromatic carbocycles. The van der Waals surface area contributed by atoms with Gasteiger partial charge < -0.3 is 19.5 Å². The fraction of sp³-hybridized carbons (Fsp3) is 0.522. The molecule has 5 heteroatoms. The highest BCUT2D eigenvalue weighted by molar-refractivity contribution is 5.96. The fourth-order valence-corrected chi connectivity index (χ4v) is 3.90. The van der Waals surface area contributed by atoms with E-state index in [9.17, 15) is 4.79 Å². The van der Waals surface area contributed by atoms with Gasteiger partial charge >= 0.3 is 0 Å². The van der Waals surface area contributed by atoms with Gasteiger partial charge in [0.1, 0.15) is 5.69 Å². The van der Waals surface area contributed by atoms with Crippen molar-refractivity contribution in [3.63, 3.8) is 0 Å². The first-order valence-corrected chi connectivity index (χ1v) is 10.3. The third-order valence-corrected chi connectivity index (χ3v) is 5.72. The summed E-state index contributed by atoms with van der Waals surface area (Å²) < 4.78 is 7.71. The molecule has 1 atom stereocenters. The van der Waals surface area contributed by atoms with Crippen LogP contribution in [-0.4, -0.2) is 42.8 Å². The molecule has 1 fully saturated rings. The van der Waals surface area contributed by atoms with Crippen LogP contribution in [0.4, 0.5) is 5.69 Å². The van der Waals surface area contributed by atoms with Crippen molar-refractivity contribution in [3.05, 3.63) is 52.3 Å². The summed E-state index contributed by atoms with van der Waals surface area (Å²) in [6, 6.07) is 8.71. The Morgan fingerprint density at radius 1 is 1.14 bits per heavy atom. The number of aryl methyl sites for hydroxylation is 1. The highest BCUT2D eigenvalue weighted by Crippen LogP contribution is 2.32. The number of anilines is 1. The maximum absolute atomic E-state index is 13.2. The van der Waals surface area contributed by atoms with Gasteiger partial charge in [-0.3, -0.25) is 4.79 Å². The Kier molecular flexibility index (Phi) is 6.45. The first kappa shape index (κ1) is 20.5. The first-order valence-electron chi connectivity index (χ1n) is 10.3. The van der Waals surface area contributed by atoms with Gasteiger partial charge in [-0.15, -0.1) is 0 Å². The van der Waals surface area contributed by atoms with E-state index in [2.05, 4.69) is 73.7 Å². The van der Waals surface area contributed by atoms with Crippen LogP contribution in [0.1, 0.15) is 53.1 Å². The molecule has 0 unspecified atom stereocenters. The first-order chi connectivity index (χ1) is 13.4. The quantitative estimate of drug-likeness (QED) is 0.825. The van der Waals surface area contributed by atoms with E-state index in [1.165, 1.54) is 16.8 Å². The standard InChI is InChI=1S/C23H33N3O2/c1-6-17(3)24-23(27)22-18(4)21(25-11-13-28-14-12-25)19(5)26(22)15-20-9-7-16(2)8-10-20/h7-10,17H,6,11-15H2,1-5H3,(H,24,27)/t17-/m0/s1. The van der Waals surface area contributed by atoms with Gasteiger partial charge in [0, 0.05) is 36.9 Å². The van der Waals surface area contributed by atoms with E-state index in [-0.39, 0.29) is 11.9 Å². The van der Waals surface area contributed by atoms with E-state index >= 15 is 0 Å². The molecule has 3 rings (SSSR count).